The van der Waals surface area contributed by atoms with Crippen molar-refractivity contribution in [2.45, 2.75) is 31.9 Å². The Kier molecular flexibility index (Phi) is 9.54. The number of benzene rings is 2. The van der Waals surface area contributed by atoms with E-state index in [1.165, 1.54) is 12.1 Å². The van der Waals surface area contributed by atoms with E-state index in [1.54, 1.807) is 18.2 Å². The second-order valence-electron chi connectivity index (χ2n) is 8.89. The lowest BCUT2D eigenvalue weighted by Crippen LogP contribution is -2.67. The summed E-state index contributed by atoms with van der Waals surface area (Å²) in [6.45, 7) is 0.464. The van der Waals surface area contributed by atoms with Gasteiger partial charge in [0.05, 0.1) is 5.56 Å². The monoisotopic (exact) mass is 646 g/mol. The van der Waals surface area contributed by atoms with Gasteiger partial charge in [0.1, 0.15) is 5.41 Å². The van der Waals surface area contributed by atoms with Crippen molar-refractivity contribution in [3.05, 3.63) is 68.1 Å². The van der Waals surface area contributed by atoms with E-state index in [4.69, 9.17) is 11.5 Å². The molecular formula is C25H27Br2F3N4O3. The second kappa shape index (κ2) is 12.1. The van der Waals surface area contributed by atoms with Gasteiger partial charge in [-0.15, -0.1) is 0 Å². The van der Waals surface area contributed by atoms with Crippen molar-refractivity contribution < 1.29 is 27.6 Å². The minimum Gasteiger partial charge on any atom is -0.330 e. The van der Waals surface area contributed by atoms with Crippen LogP contribution in [0, 0.1) is 5.41 Å². The predicted molar refractivity (Wildman–Crippen MR) is 139 cm³/mol. The fourth-order valence-corrected chi connectivity index (χ4v) is 5.80. The van der Waals surface area contributed by atoms with Crippen molar-refractivity contribution in [3.63, 3.8) is 0 Å². The standard InChI is InChI=1S/C25H27Br2F3N4O3/c26-19-11-17(12-20(27)13-19)15-24(14-16-3-5-18(6-4-16)25(28,29)30)21(35)33(9-1-7-31)23(37)34(22(24)36)10-2-8-32/h3-6,11-13H,1-2,7-10,14-15,31-32H2. The van der Waals surface area contributed by atoms with Gasteiger partial charge in [-0.2, -0.15) is 13.2 Å². The van der Waals surface area contributed by atoms with Crippen molar-refractivity contribution in [2.24, 2.45) is 16.9 Å². The van der Waals surface area contributed by atoms with Crippen molar-refractivity contribution in [1.29, 1.82) is 0 Å². The van der Waals surface area contributed by atoms with Gasteiger partial charge in [0.2, 0.25) is 11.8 Å². The van der Waals surface area contributed by atoms with Crippen LogP contribution in [0.3, 0.4) is 0 Å². The molecule has 200 valence electrons. The summed E-state index contributed by atoms with van der Waals surface area (Å²) in [4.78, 5) is 43.2. The fourth-order valence-electron chi connectivity index (χ4n) is 4.41. The molecule has 0 aromatic heterocycles. The zero-order valence-electron chi connectivity index (χ0n) is 19.9. The van der Waals surface area contributed by atoms with Gasteiger partial charge in [0, 0.05) is 22.0 Å². The van der Waals surface area contributed by atoms with Gasteiger partial charge >= 0.3 is 12.2 Å². The average molecular weight is 648 g/mol. The van der Waals surface area contributed by atoms with E-state index >= 15 is 0 Å². The molecule has 1 heterocycles. The molecule has 3 rings (SSSR count). The molecule has 0 bridgehead atoms. The Balaban J connectivity index is 2.15. The van der Waals surface area contributed by atoms with Crippen LogP contribution in [-0.4, -0.2) is 53.8 Å². The molecule has 1 fully saturated rings. The molecule has 0 spiro atoms. The zero-order chi connectivity index (χ0) is 27.4. The summed E-state index contributed by atoms with van der Waals surface area (Å²) in [6, 6.07) is 8.91. The molecule has 37 heavy (non-hydrogen) atoms. The number of amides is 4. The maximum Gasteiger partial charge on any atom is 0.416 e. The highest BCUT2D eigenvalue weighted by Crippen LogP contribution is 2.39. The van der Waals surface area contributed by atoms with Gasteiger partial charge in [-0.1, -0.05) is 44.0 Å². The van der Waals surface area contributed by atoms with E-state index < -0.39 is 35.0 Å². The first-order valence-corrected chi connectivity index (χ1v) is 13.2. The number of carbonyl (C=O) groups is 3. The molecular weight excluding hydrogens is 621 g/mol. The Bertz CT molecular complexity index is 1110. The SMILES string of the molecule is NCCCN1C(=O)N(CCCN)C(=O)C(Cc2ccc(C(F)(F)F)cc2)(Cc2cc(Br)cc(Br)c2)C1=O. The van der Waals surface area contributed by atoms with Crippen LogP contribution in [0.5, 0.6) is 0 Å². The second-order valence-corrected chi connectivity index (χ2v) is 10.7. The normalized spacial score (nSPS) is 16.0. The molecule has 4 amide bonds. The van der Waals surface area contributed by atoms with Gasteiger partial charge < -0.3 is 11.5 Å². The minimum atomic E-state index is -4.53. The Morgan fingerprint density at radius 2 is 1.22 bits per heavy atom. The van der Waals surface area contributed by atoms with Crippen LogP contribution in [-0.2, 0) is 28.6 Å². The molecule has 0 unspecified atom stereocenters. The minimum absolute atomic E-state index is 0.0114. The van der Waals surface area contributed by atoms with Crippen LogP contribution in [0.2, 0.25) is 0 Å². The third-order valence-electron chi connectivity index (χ3n) is 6.16. The summed E-state index contributed by atoms with van der Waals surface area (Å²) >= 11 is 6.82. The van der Waals surface area contributed by atoms with E-state index in [1.807, 2.05) is 0 Å². The smallest absolute Gasteiger partial charge is 0.330 e. The molecule has 0 atom stereocenters. The van der Waals surface area contributed by atoms with E-state index in [0.29, 0.717) is 32.9 Å². The number of barbiturate groups is 1. The number of nitrogens with zero attached hydrogens (tertiary/aromatic N) is 2. The van der Waals surface area contributed by atoms with Crippen LogP contribution in [0.1, 0.15) is 29.5 Å². The number of hydrogen-bond acceptors (Lipinski definition) is 5. The Labute approximate surface area is 229 Å². The number of carbonyl (C=O) groups excluding carboxylic acids is 3. The fraction of sp³-hybridized carbons (Fsp3) is 0.400. The summed E-state index contributed by atoms with van der Waals surface area (Å²) < 4.78 is 40.8. The largest absolute Gasteiger partial charge is 0.416 e. The molecule has 1 aliphatic rings. The van der Waals surface area contributed by atoms with E-state index in [2.05, 4.69) is 31.9 Å². The van der Waals surface area contributed by atoms with Crippen molar-refractivity contribution >= 4 is 49.7 Å². The van der Waals surface area contributed by atoms with Gasteiger partial charge in [0.15, 0.2) is 0 Å². The van der Waals surface area contributed by atoms with Crippen molar-refractivity contribution in [2.75, 3.05) is 26.2 Å². The molecule has 2 aromatic carbocycles. The Morgan fingerprint density at radius 1 is 0.757 bits per heavy atom. The van der Waals surface area contributed by atoms with Gasteiger partial charge in [0.25, 0.3) is 0 Å². The third kappa shape index (κ3) is 6.60. The third-order valence-corrected chi connectivity index (χ3v) is 7.07. The quantitative estimate of drug-likeness (QED) is 0.370. The lowest BCUT2D eigenvalue weighted by molar-refractivity contribution is -0.159. The van der Waals surface area contributed by atoms with Gasteiger partial charge in [-0.3, -0.25) is 19.4 Å². The first kappa shape index (κ1) is 29.3. The number of imide groups is 2. The van der Waals surface area contributed by atoms with Crippen LogP contribution in [0.15, 0.2) is 51.4 Å². The van der Waals surface area contributed by atoms with Crippen molar-refractivity contribution in [3.8, 4) is 0 Å². The molecule has 0 aliphatic carbocycles. The summed E-state index contributed by atoms with van der Waals surface area (Å²) in [6.07, 6.45) is -4.14. The Morgan fingerprint density at radius 3 is 1.65 bits per heavy atom. The van der Waals surface area contributed by atoms with Crippen LogP contribution in [0.25, 0.3) is 0 Å². The van der Waals surface area contributed by atoms with E-state index in [-0.39, 0.29) is 39.0 Å². The molecule has 1 saturated heterocycles. The van der Waals surface area contributed by atoms with Gasteiger partial charge in [-0.25, -0.2) is 4.79 Å². The summed E-state index contributed by atoms with van der Waals surface area (Å²) in [5, 5.41) is 0. The number of alkyl halides is 3. The highest BCUT2D eigenvalue weighted by molar-refractivity contribution is 9.11. The summed E-state index contributed by atoms with van der Waals surface area (Å²) in [5.74, 6) is -1.40. The zero-order valence-corrected chi connectivity index (χ0v) is 23.0. The number of nitrogens with two attached hydrogens (primary N) is 2. The molecule has 12 heteroatoms. The number of urea groups is 1. The lowest BCUT2D eigenvalue weighted by atomic mass is 9.72. The van der Waals surface area contributed by atoms with Crippen LogP contribution in [0.4, 0.5) is 18.0 Å². The predicted octanol–water partition coefficient (Wildman–Crippen LogP) is 4.49. The maximum atomic E-state index is 14.0. The van der Waals surface area contributed by atoms with Crippen LogP contribution < -0.4 is 11.5 Å². The first-order valence-electron chi connectivity index (χ1n) is 11.6. The highest BCUT2D eigenvalue weighted by atomic mass is 79.9. The first-order chi connectivity index (χ1) is 17.4. The molecule has 7 nitrogen and oxygen atoms in total. The molecule has 1 aliphatic heterocycles. The lowest BCUT2D eigenvalue weighted by Gasteiger charge is -2.44. The number of rotatable bonds is 10. The summed E-state index contributed by atoms with van der Waals surface area (Å²) in [5.41, 5.74) is 9.63. The van der Waals surface area contributed by atoms with Crippen molar-refractivity contribution in [1.82, 2.24) is 9.80 Å². The maximum absolute atomic E-state index is 14.0. The number of halogens is 5. The highest BCUT2D eigenvalue weighted by Gasteiger charge is 2.56. The average Bonchev–Trinajstić information content (AvgIpc) is 2.82. The number of hydrogen-bond donors (Lipinski definition) is 2. The summed E-state index contributed by atoms with van der Waals surface area (Å²) in [7, 11) is 0. The van der Waals surface area contributed by atoms with E-state index in [9.17, 15) is 27.6 Å². The molecule has 4 N–H and O–H groups in total. The van der Waals surface area contributed by atoms with E-state index in [0.717, 1.165) is 21.9 Å². The van der Waals surface area contributed by atoms with Crippen LogP contribution >= 0.6 is 31.9 Å². The topological polar surface area (TPSA) is 110 Å². The van der Waals surface area contributed by atoms with Gasteiger partial charge in [-0.05, 0) is 80.2 Å². The molecule has 0 saturated carbocycles. The Hall–Kier alpha value is -2.28. The molecule has 2 aromatic rings. The molecule has 0 radical (unpaired) electrons.